The lowest BCUT2D eigenvalue weighted by Gasteiger charge is -2.37. The Kier molecular flexibility index (Phi) is 7.96. The number of anilines is 1. The predicted molar refractivity (Wildman–Crippen MR) is 151 cm³/mol. The van der Waals surface area contributed by atoms with E-state index in [0.29, 0.717) is 37.9 Å². The van der Waals surface area contributed by atoms with Crippen molar-refractivity contribution in [1.82, 2.24) is 24.3 Å². The normalized spacial score (nSPS) is 24.8. The number of nitrogens with one attached hydrogen (secondary N) is 1. The van der Waals surface area contributed by atoms with Gasteiger partial charge in [0.15, 0.2) is 0 Å². The molecule has 1 aromatic carbocycles. The maximum absolute atomic E-state index is 12.8. The zero-order valence-corrected chi connectivity index (χ0v) is 23.2. The molecule has 2 saturated heterocycles. The molecule has 12 nitrogen and oxygen atoms in total. The summed E-state index contributed by atoms with van der Waals surface area (Å²) < 4.78 is 1.44. The number of carbonyl (C=O) groups excluding carboxylic acids is 2. The summed E-state index contributed by atoms with van der Waals surface area (Å²) in [7, 11) is 0. The molecular formula is C28H40N8O4. The molecule has 0 radical (unpaired) electrons. The Labute approximate surface area is 233 Å². The number of hydrogen-bond donors (Lipinski definition) is 4. The highest BCUT2D eigenvalue weighted by Gasteiger charge is 2.55. The molecule has 12 heteroatoms. The number of piperazine rings is 1. The lowest BCUT2D eigenvalue weighted by molar-refractivity contribution is -0.139. The van der Waals surface area contributed by atoms with E-state index in [1.54, 1.807) is 17.2 Å². The number of aliphatic hydroxyl groups is 1. The van der Waals surface area contributed by atoms with Gasteiger partial charge in [0.25, 0.3) is 0 Å². The highest BCUT2D eigenvalue weighted by molar-refractivity contribution is 5.89. The number of urea groups is 1. The van der Waals surface area contributed by atoms with Crippen LogP contribution in [-0.2, 0) is 11.2 Å². The fourth-order valence-electron chi connectivity index (χ4n) is 6.05. The number of nitrogens with zero attached hydrogens (tertiary/aromatic N) is 5. The molecule has 5 atom stereocenters. The molecule has 40 heavy (non-hydrogen) atoms. The monoisotopic (exact) mass is 552 g/mol. The van der Waals surface area contributed by atoms with Gasteiger partial charge in [-0.25, -0.2) is 9.59 Å². The van der Waals surface area contributed by atoms with Crippen molar-refractivity contribution in [1.29, 1.82) is 0 Å². The Bertz CT molecular complexity index is 1280. The minimum Gasteiger partial charge on any atom is -0.394 e. The molecule has 2 aliphatic heterocycles. The molecule has 1 aromatic heterocycles. The van der Waals surface area contributed by atoms with Crippen LogP contribution in [0.25, 0.3) is 5.69 Å². The first kappa shape index (κ1) is 28.2. The number of nitrogens with two attached hydrogens (primary N) is 2. The SMILES string of the molecule is CC(Cc1ccc(-n2ccc(NC(=O)N3CCN(C(=O)[C@@](C)(N)CO)CC3)nc2=O)cc1)N1C[C@@H]2C(CN)[C@@H]2C1. The molecule has 6 N–H and O–H groups in total. The van der Waals surface area contributed by atoms with Crippen LogP contribution in [0.2, 0.25) is 0 Å². The van der Waals surface area contributed by atoms with Gasteiger partial charge in [0.05, 0.1) is 12.3 Å². The molecule has 0 bridgehead atoms. The molecule has 2 aromatic rings. The van der Waals surface area contributed by atoms with E-state index in [-0.39, 0.29) is 11.7 Å². The second-order valence-corrected chi connectivity index (χ2v) is 11.7. The summed E-state index contributed by atoms with van der Waals surface area (Å²) in [4.78, 5) is 47.6. The second kappa shape index (κ2) is 11.3. The van der Waals surface area contributed by atoms with Crippen molar-refractivity contribution in [3.8, 4) is 5.69 Å². The van der Waals surface area contributed by atoms with Crippen molar-refractivity contribution in [2.45, 2.75) is 31.8 Å². The summed E-state index contributed by atoms with van der Waals surface area (Å²) >= 11 is 0. The van der Waals surface area contributed by atoms with E-state index in [1.165, 1.54) is 22.0 Å². The molecule has 1 aliphatic carbocycles. The van der Waals surface area contributed by atoms with Crippen LogP contribution < -0.4 is 22.5 Å². The zero-order chi connectivity index (χ0) is 28.6. The third-order valence-corrected chi connectivity index (χ3v) is 8.75. The van der Waals surface area contributed by atoms with Gasteiger partial charge in [-0.15, -0.1) is 0 Å². The Morgan fingerprint density at radius 2 is 1.73 bits per heavy atom. The first-order valence-electron chi connectivity index (χ1n) is 14.0. The number of benzene rings is 1. The van der Waals surface area contributed by atoms with Gasteiger partial charge in [0.2, 0.25) is 5.91 Å². The Morgan fingerprint density at radius 1 is 1.10 bits per heavy atom. The Morgan fingerprint density at radius 3 is 2.30 bits per heavy atom. The number of hydrogen-bond acceptors (Lipinski definition) is 8. The Balaban J connectivity index is 1.13. The van der Waals surface area contributed by atoms with Crippen LogP contribution in [0.3, 0.4) is 0 Å². The van der Waals surface area contributed by atoms with Gasteiger partial charge in [-0.05, 0) is 68.3 Å². The van der Waals surface area contributed by atoms with E-state index in [2.05, 4.69) is 22.1 Å². The maximum Gasteiger partial charge on any atom is 0.354 e. The minimum absolute atomic E-state index is 0.158. The van der Waals surface area contributed by atoms with E-state index in [4.69, 9.17) is 11.5 Å². The van der Waals surface area contributed by atoms with Gasteiger partial charge in [0, 0.05) is 51.5 Å². The van der Waals surface area contributed by atoms with Crippen LogP contribution in [0.5, 0.6) is 0 Å². The van der Waals surface area contributed by atoms with Gasteiger partial charge >= 0.3 is 11.7 Å². The topological polar surface area (TPSA) is 163 Å². The molecule has 216 valence electrons. The van der Waals surface area contributed by atoms with Gasteiger partial charge in [-0.2, -0.15) is 4.98 Å². The van der Waals surface area contributed by atoms with E-state index < -0.39 is 23.9 Å². The lowest BCUT2D eigenvalue weighted by Crippen LogP contribution is -2.60. The molecule has 3 amide bonds. The number of aromatic nitrogens is 2. The molecule has 3 aliphatic rings. The largest absolute Gasteiger partial charge is 0.394 e. The number of aliphatic hydroxyl groups excluding tert-OH is 1. The average Bonchev–Trinajstić information content (AvgIpc) is 3.42. The van der Waals surface area contributed by atoms with E-state index in [0.717, 1.165) is 43.8 Å². The molecule has 3 fully saturated rings. The zero-order valence-electron chi connectivity index (χ0n) is 23.2. The standard InChI is InChI=1S/C28H40N8O4/c1-18(35-15-22-21(14-29)23(22)16-35)13-19-3-5-20(6-4-19)36-8-7-24(32-27(36)40)31-26(39)34-11-9-33(10-12-34)25(38)28(2,30)17-37/h3-8,18,21-23,37H,9-17,29-30H2,1-2H3,(H,31,32,39,40)/t18?,21?,22-,23+,28-/m0/s1. The second-order valence-electron chi connectivity index (χ2n) is 11.7. The number of rotatable bonds is 8. The quantitative estimate of drug-likeness (QED) is 0.346. The lowest BCUT2D eigenvalue weighted by atomic mass is 10.0. The average molecular weight is 553 g/mol. The van der Waals surface area contributed by atoms with Crippen molar-refractivity contribution in [2.75, 3.05) is 57.7 Å². The summed E-state index contributed by atoms with van der Waals surface area (Å²) in [6.07, 6.45) is 2.54. The highest BCUT2D eigenvalue weighted by atomic mass is 16.3. The summed E-state index contributed by atoms with van der Waals surface area (Å²) in [6, 6.07) is 9.56. The summed E-state index contributed by atoms with van der Waals surface area (Å²) in [5.74, 6) is 2.09. The predicted octanol–water partition coefficient (Wildman–Crippen LogP) is -0.314. The van der Waals surface area contributed by atoms with Crippen LogP contribution in [-0.4, -0.2) is 105 Å². The van der Waals surface area contributed by atoms with Crippen LogP contribution in [0.15, 0.2) is 41.3 Å². The van der Waals surface area contributed by atoms with E-state index >= 15 is 0 Å². The van der Waals surface area contributed by atoms with Gasteiger partial charge < -0.3 is 26.4 Å². The van der Waals surface area contributed by atoms with Gasteiger partial charge in [-0.3, -0.25) is 19.6 Å². The van der Waals surface area contributed by atoms with Crippen LogP contribution in [0, 0.1) is 17.8 Å². The number of fused-ring (bicyclic) bond motifs is 1. The van der Waals surface area contributed by atoms with E-state index in [9.17, 15) is 19.5 Å². The number of amides is 3. The molecular weight excluding hydrogens is 512 g/mol. The van der Waals surface area contributed by atoms with E-state index in [1.807, 2.05) is 24.3 Å². The summed E-state index contributed by atoms with van der Waals surface area (Å²) in [5.41, 5.74) is 11.8. The van der Waals surface area contributed by atoms with Crippen LogP contribution in [0.4, 0.5) is 10.6 Å². The summed E-state index contributed by atoms with van der Waals surface area (Å²) in [6.45, 7) is 7.59. The Hall–Kier alpha value is -3.32. The maximum atomic E-state index is 12.8. The molecule has 5 rings (SSSR count). The molecule has 3 heterocycles. The first-order chi connectivity index (χ1) is 19.1. The van der Waals surface area contributed by atoms with Crippen molar-refractivity contribution in [3.05, 3.63) is 52.6 Å². The van der Waals surface area contributed by atoms with Crippen molar-refractivity contribution >= 4 is 17.8 Å². The first-order valence-corrected chi connectivity index (χ1v) is 14.0. The van der Waals surface area contributed by atoms with Gasteiger partial charge in [-0.1, -0.05) is 12.1 Å². The van der Waals surface area contributed by atoms with Crippen molar-refractivity contribution in [2.24, 2.45) is 29.2 Å². The van der Waals surface area contributed by atoms with Crippen LogP contribution in [0.1, 0.15) is 19.4 Å². The van der Waals surface area contributed by atoms with Gasteiger partial charge in [0.1, 0.15) is 11.4 Å². The smallest absolute Gasteiger partial charge is 0.354 e. The minimum atomic E-state index is -1.35. The van der Waals surface area contributed by atoms with Crippen LogP contribution >= 0.6 is 0 Å². The van der Waals surface area contributed by atoms with Crippen molar-refractivity contribution < 1.29 is 14.7 Å². The third kappa shape index (κ3) is 5.75. The number of likely N-dealkylation sites (tertiary alicyclic amines) is 1. The van der Waals surface area contributed by atoms with Crippen molar-refractivity contribution in [3.63, 3.8) is 0 Å². The number of carbonyl (C=O) groups is 2. The highest BCUT2D eigenvalue weighted by Crippen LogP contribution is 2.51. The molecule has 1 saturated carbocycles. The number of piperidine rings is 1. The fraction of sp³-hybridized carbons (Fsp3) is 0.571. The molecule has 2 unspecified atom stereocenters. The molecule has 0 spiro atoms. The summed E-state index contributed by atoms with van der Waals surface area (Å²) in [5, 5.41) is 12.0. The third-order valence-electron chi connectivity index (χ3n) is 8.75. The fourth-order valence-corrected chi connectivity index (χ4v) is 6.05.